The van der Waals surface area contributed by atoms with Gasteiger partial charge < -0.3 is 14.6 Å². The second-order valence-corrected chi connectivity index (χ2v) is 8.97. The molecule has 1 amide bonds. The van der Waals surface area contributed by atoms with Gasteiger partial charge in [-0.05, 0) is 37.3 Å². The maximum atomic E-state index is 13.3. The topological polar surface area (TPSA) is 105 Å². The number of rotatable bonds is 11. The van der Waals surface area contributed by atoms with E-state index in [2.05, 4.69) is 5.32 Å². The minimum absolute atomic E-state index is 0.00807. The highest BCUT2D eigenvalue weighted by molar-refractivity contribution is 6.02. The smallest absolute Gasteiger partial charge is 0.323 e. The number of carbonyl (C=O) groups is 3. The molecule has 0 bridgehead atoms. The highest BCUT2D eigenvalue weighted by Gasteiger charge is 2.35. The molecule has 3 rings (SSSR count). The van der Waals surface area contributed by atoms with E-state index in [0.29, 0.717) is 30.4 Å². The number of unbranched alkanes of at least 4 members (excludes halogenated alkanes) is 1. The number of nitrogens with one attached hydrogen (secondary N) is 1. The van der Waals surface area contributed by atoms with Gasteiger partial charge in [-0.25, -0.2) is 0 Å². The first-order chi connectivity index (χ1) is 16.0. The first-order valence-corrected chi connectivity index (χ1v) is 12.2. The van der Waals surface area contributed by atoms with Crippen molar-refractivity contribution in [2.24, 2.45) is 5.92 Å². The standard InChI is InChI=1S/C25H36N2O6/c1-2-3-15-32-25(31)19(14-13-18-9-5-4-6-10-18)26-20-17-33-22-12-8-7-11-21(22)27(24(20)30)16-23(28)29/h7-8,11-12,18-20,26H,2-6,9-10,13-17H2,1H3,(H,28,29)/t19-,20?/m0/s1. The van der Waals surface area contributed by atoms with E-state index in [4.69, 9.17) is 9.47 Å². The van der Waals surface area contributed by atoms with Crippen molar-refractivity contribution in [3.8, 4) is 5.75 Å². The number of fused-ring (bicyclic) bond motifs is 1. The molecule has 1 heterocycles. The van der Waals surface area contributed by atoms with Crippen molar-refractivity contribution >= 4 is 23.5 Å². The van der Waals surface area contributed by atoms with Crippen molar-refractivity contribution in [3.63, 3.8) is 0 Å². The Kier molecular flexibility index (Phi) is 9.54. The van der Waals surface area contributed by atoms with E-state index in [1.807, 2.05) is 6.92 Å². The number of hydrogen-bond acceptors (Lipinski definition) is 6. The second kappa shape index (κ2) is 12.6. The van der Waals surface area contributed by atoms with Crippen LogP contribution in [-0.4, -0.2) is 54.8 Å². The largest absolute Gasteiger partial charge is 0.489 e. The zero-order valence-corrected chi connectivity index (χ0v) is 19.5. The Labute approximate surface area is 195 Å². The Bertz CT molecular complexity index is 808. The number of aliphatic carboxylic acids is 1. The predicted molar refractivity (Wildman–Crippen MR) is 124 cm³/mol. The number of esters is 1. The van der Waals surface area contributed by atoms with Crippen molar-refractivity contribution in [2.45, 2.75) is 76.8 Å². The normalized spacial score (nSPS) is 19.8. The lowest BCUT2D eigenvalue weighted by Gasteiger charge is -2.28. The van der Waals surface area contributed by atoms with Gasteiger partial charge in [-0.2, -0.15) is 0 Å². The van der Waals surface area contributed by atoms with Crippen molar-refractivity contribution in [1.29, 1.82) is 0 Å². The Morgan fingerprint density at radius 1 is 1.24 bits per heavy atom. The van der Waals surface area contributed by atoms with Crippen LogP contribution in [0, 0.1) is 5.92 Å². The summed E-state index contributed by atoms with van der Waals surface area (Å²) in [7, 11) is 0. The molecule has 1 saturated carbocycles. The van der Waals surface area contributed by atoms with Crippen LogP contribution < -0.4 is 15.0 Å². The average Bonchev–Trinajstić information content (AvgIpc) is 2.94. The molecule has 8 nitrogen and oxygen atoms in total. The molecular formula is C25H36N2O6. The minimum atomic E-state index is -1.12. The fraction of sp³-hybridized carbons (Fsp3) is 0.640. The van der Waals surface area contributed by atoms with E-state index in [-0.39, 0.29) is 12.6 Å². The number of carboxylic acid groups (broad SMARTS) is 1. The Balaban J connectivity index is 1.74. The molecule has 8 heteroatoms. The van der Waals surface area contributed by atoms with Gasteiger partial charge in [0.05, 0.1) is 12.3 Å². The fourth-order valence-electron chi connectivity index (χ4n) is 4.58. The summed E-state index contributed by atoms with van der Waals surface area (Å²) >= 11 is 0. The van der Waals surface area contributed by atoms with E-state index >= 15 is 0 Å². The van der Waals surface area contributed by atoms with Crippen LogP contribution in [0.3, 0.4) is 0 Å². The lowest BCUT2D eigenvalue weighted by molar-refractivity contribution is -0.147. The van der Waals surface area contributed by atoms with E-state index in [1.54, 1.807) is 24.3 Å². The Morgan fingerprint density at radius 2 is 2.00 bits per heavy atom. The molecule has 0 radical (unpaired) electrons. The summed E-state index contributed by atoms with van der Waals surface area (Å²) in [5.41, 5.74) is 0.415. The number of para-hydroxylation sites is 2. The average molecular weight is 461 g/mol. The number of nitrogens with zero attached hydrogens (tertiary/aromatic N) is 1. The van der Waals surface area contributed by atoms with E-state index < -0.39 is 30.5 Å². The third kappa shape index (κ3) is 7.19. The van der Waals surface area contributed by atoms with Gasteiger partial charge >= 0.3 is 11.9 Å². The number of amides is 1. The molecule has 1 aromatic carbocycles. The summed E-state index contributed by atoms with van der Waals surface area (Å²) in [6.07, 6.45) is 9.23. The number of anilines is 1. The zero-order chi connectivity index (χ0) is 23.6. The van der Waals surface area contributed by atoms with Crippen LogP contribution in [-0.2, 0) is 19.1 Å². The predicted octanol–water partition coefficient (Wildman–Crippen LogP) is 3.53. The molecule has 2 aliphatic rings. The first kappa shape index (κ1) is 25.0. The van der Waals surface area contributed by atoms with Crippen LogP contribution in [0.4, 0.5) is 5.69 Å². The number of hydrogen-bond donors (Lipinski definition) is 2. The zero-order valence-electron chi connectivity index (χ0n) is 19.5. The maximum absolute atomic E-state index is 13.3. The van der Waals surface area contributed by atoms with E-state index in [1.165, 1.54) is 37.0 Å². The van der Waals surface area contributed by atoms with Crippen molar-refractivity contribution in [3.05, 3.63) is 24.3 Å². The minimum Gasteiger partial charge on any atom is -0.489 e. The first-order valence-electron chi connectivity index (χ1n) is 12.2. The SMILES string of the molecule is CCCCOC(=O)[C@H](CCC1CCCCC1)NC1COc2ccccc2N(CC(=O)O)C1=O. The quantitative estimate of drug-likeness (QED) is 0.384. The molecule has 1 aromatic rings. The monoisotopic (exact) mass is 460 g/mol. The number of carbonyl (C=O) groups excluding carboxylic acids is 2. The summed E-state index contributed by atoms with van der Waals surface area (Å²) < 4.78 is 11.3. The van der Waals surface area contributed by atoms with Crippen molar-refractivity contribution in [1.82, 2.24) is 5.32 Å². The highest BCUT2D eigenvalue weighted by Crippen LogP contribution is 2.31. The summed E-state index contributed by atoms with van der Waals surface area (Å²) in [5, 5.41) is 12.5. The summed E-state index contributed by atoms with van der Waals surface area (Å²) in [5.74, 6) is -0.877. The van der Waals surface area contributed by atoms with Gasteiger partial charge in [-0.3, -0.25) is 24.6 Å². The van der Waals surface area contributed by atoms with Crippen molar-refractivity contribution < 1.29 is 29.0 Å². The van der Waals surface area contributed by atoms with Crippen LogP contribution in [0.15, 0.2) is 24.3 Å². The van der Waals surface area contributed by atoms with E-state index in [9.17, 15) is 19.5 Å². The van der Waals surface area contributed by atoms with Crippen LogP contribution in [0.25, 0.3) is 0 Å². The molecule has 0 spiro atoms. The van der Waals surface area contributed by atoms with E-state index in [0.717, 1.165) is 19.3 Å². The van der Waals surface area contributed by atoms with Gasteiger partial charge in [0.15, 0.2) is 0 Å². The lowest BCUT2D eigenvalue weighted by Crippen LogP contribution is -2.55. The van der Waals surface area contributed by atoms with Crippen LogP contribution in [0.5, 0.6) is 5.75 Å². The summed E-state index contributed by atoms with van der Waals surface area (Å²) in [6.45, 7) is 1.91. The summed E-state index contributed by atoms with van der Waals surface area (Å²) in [4.78, 5) is 38.9. The fourth-order valence-corrected chi connectivity index (χ4v) is 4.58. The maximum Gasteiger partial charge on any atom is 0.323 e. The van der Waals surface area contributed by atoms with Gasteiger partial charge in [0.2, 0.25) is 5.91 Å². The number of carboxylic acids is 1. The molecule has 2 atom stereocenters. The molecular weight excluding hydrogens is 424 g/mol. The van der Waals surface area contributed by atoms with Crippen molar-refractivity contribution in [2.75, 3.05) is 24.7 Å². The van der Waals surface area contributed by atoms with Gasteiger partial charge in [-0.1, -0.05) is 57.6 Å². The molecule has 1 aliphatic heterocycles. The Morgan fingerprint density at radius 3 is 2.73 bits per heavy atom. The number of ether oxygens (including phenoxy) is 2. The van der Waals surface area contributed by atoms with Crippen LogP contribution >= 0.6 is 0 Å². The Hall–Kier alpha value is -2.61. The molecule has 1 aliphatic carbocycles. The molecule has 1 unspecified atom stereocenters. The third-order valence-corrected chi connectivity index (χ3v) is 6.44. The lowest BCUT2D eigenvalue weighted by atomic mass is 9.85. The molecule has 33 heavy (non-hydrogen) atoms. The van der Waals surface area contributed by atoms with Gasteiger partial charge in [0, 0.05) is 0 Å². The van der Waals surface area contributed by atoms with Crippen LogP contribution in [0.1, 0.15) is 64.7 Å². The highest BCUT2D eigenvalue weighted by atomic mass is 16.5. The molecule has 182 valence electrons. The van der Waals surface area contributed by atoms with Gasteiger partial charge in [0.25, 0.3) is 0 Å². The molecule has 1 fully saturated rings. The number of benzene rings is 1. The van der Waals surface area contributed by atoms with Gasteiger partial charge in [0.1, 0.15) is 31.0 Å². The molecule has 0 saturated heterocycles. The van der Waals surface area contributed by atoms with Crippen LogP contribution in [0.2, 0.25) is 0 Å². The molecule has 2 N–H and O–H groups in total. The van der Waals surface area contributed by atoms with Gasteiger partial charge in [-0.15, -0.1) is 0 Å². The second-order valence-electron chi connectivity index (χ2n) is 8.97. The molecule has 0 aromatic heterocycles. The third-order valence-electron chi connectivity index (χ3n) is 6.44. The summed E-state index contributed by atoms with van der Waals surface area (Å²) in [6, 6.07) is 5.38.